The summed E-state index contributed by atoms with van der Waals surface area (Å²) in [5, 5.41) is 5.62. The third kappa shape index (κ3) is 5.20. The maximum atomic E-state index is 12.9. The van der Waals surface area contributed by atoms with E-state index in [0.717, 1.165) is 0 Å². The van der Waals surface area contributed by atoms with E-state index in [0.29, 0.717) is 22.4 Å². The van der Waals surface area contributed by atoms with Crippen LogP contribution in [0.15, 0.2) is 84.9 Å². The number of hydrogen-bond donors (Lipinski definition) is 2. The van der Waals surface area contributed by atoms with Crippen LogP contribution in [0.3, 0.4) is 0 Å². The summed E-state index contributed by atoms with van der Waals surface area (Å²) in [5.41, 5.74) is 2.05. The van der Waals surface area contributed by atoms with E-state index < -0.39 is 6.04 Å². The Bertz CT molecular complexity index is 1030. The van der Waals surface area contributed by atoms with E-state index in [4.69, 9.17) is 0 Å². The van der Waals surface area contributed by atoms with Crippen molar-refractivity contribution in [2.45, 2.75) is 19.9 Å². The van der Waals surface area contributed by atoms with Gasteiger partial charge >= 0.3 is 0 Å². The summed E-state index contributed by atoms with van der Waals surface area (Å²) in [4.78, 5) is 38.0. The lowest BCUT2D eigenvalue weighted by Gasteiger charge is -2.22. The standard InChI is InChI=1S/C25H24N2O3/c1-17(2)22(27-24(29)19-12-7-4-8-13-19)25(30)26-21-15-9-14-20(16-21)23(28)18-10-5-3-6-11-18/h3-17,22H,1-2H3,(H,26,30)(H,27,29). The first-order valence-corrected chi connectivity index (χ1v) is 9.82. The first kappa shape index (κ1) is 21.0. The van der Waals surface area contributed by atoms with Crippen LogP contribution in [0.1, 0.15) is 40.1 Å². The fraction of sp³-hybridized carbons (Fsp3) is 0.160. The van der Waals surface area contributed by atoms with Crippen LogP contribution in [0, 0.1) is 5.92 Å². The van der Waals surface area contributed by atoms with Crippen molar-refractivity contribution in [3.05, 3.63) is 102 Å². The normalized spacial score (nSPS) is 11.6. The topological polar surface area (TPSA) is 75.3 Å². The van der Waals surface area contributed by atoms with Gasteiger partial charge in [-0.05, 0) is 30.2 Å². The molecule has 0 saturated carbocycles. The molecule has 0 bridgehead atoms. The number of amides is 2. The Morgan fingerprint density at radius 3 is 1.87 bits per heavy atom. The van der Waals surface area contributed by atoms with E-state index in [9.17, 15) is 14.4 Å². The first-order valence-electron chi connectivity index (χ1n) is 9.82. The highest BCUT2D eigenvalue weighted by Gasteiger charge is 2.25. The van der Waals surface area contributed by atoms with Crippen molar-refractivity contribution in [1.82, 2.24) is 5.32 Å². The lowest BCUT2D eigenvalue weighted by molar-refractivity contribution is -0.118. The second kappa shape index (κ2) is 9.65. The molecule has 5 heteroatoms. The smallest absolute Gasteiger partial charge is 0.251 e. The van der Waals surface area contributed by atoms with Crippen molar-refractivity contribution in [2.75, 3.05) is 5.32 Å². The number of rotatable bonds is 7. The van der Waals surface area contributed by atoms with Gasteiger partial charge in [-0.15, -0.1) is 0 Å². The van der Waals surface area contributed by atoms with Crippen molar-refractivity contribution in [1.29, 1.82) is 0 Å². The van der Waals surface area contributed by atoms with E-state index in [1.165, 1.54) is 0 Å². The zero-order valence-corrected chi connectivity index (χ0v) is 17.0. The van der Waals surface area contributed by atoms with Crippen molar-refractivity contribution in [3.63, 3.8) is 0 Å². The van der Waals surface area contributed by atoms with Gasteiger partial charge in [0.05, 0.1) is 0 Å². The molecule has 0 aliphatic rings. The zero-order valence-electron chi connectivity index (χ0n) is 17.0. The molecule has 0 heterocycles. The second-order valence-electron chi connectivity index (χ2n) is 7.33. The summed E-state index contributed by atoms with van der Waals surface area (Å²) in [6, 6.07) is 23.8. The fourth-order valence-electron chi connectivity index (χ4n) is 3.06. The van der Waals surface area contributed by atoms with E-state index in [1.807, 2.05) is 38.1 Å². The SMILES string of the molecule is CC(C)C(NC(=O)c1ccccc1)C(=O)Nc1cccc(C(=O)c2ccccc2)c1. The van der Waals surface area contributed by atoms with E-state index in [-0.39, 0.29) is 23.5 Å². The van der Waals surface area contributed by atoms with Crippen LogP contribution in [0.2, 0.25) is 0 Å². The highest BCUT2D eigenvalue weighted by atomic mass is 16.2. The third-order valence-electron chi connectivity index (χ3n) is 4.70. The Morgan fingerprint density at radius 2 is 1.27 bits per heavy atom. The van der Waals surface area contributed by atoms with E-state index in [1.54, 1.807) is 60.7 Å². The van der Waals surface area contributed by atoms with Gasteiger partial charge in [-0.3, -0.25) is 14.4 Å². The number of anilines is 1. The van der Waals surface area contributed by atoms with Crippen molar-refractivity contribution in [3.8, 4) is 0 Å². The summed E-state index contributed by atoms with van der Waals surface area (Å²) in [5.74, 6) is -0.882. The number of carbonyl (C=O) groups is 3. The van der Waals surface area contributed by atoms with Gasteiger partial charge in [0.25, 0.3) is 5.91 Å². The van der Waals surface area contributed by atoms with Crippen molar-refractivity contribution < 1.29 is 14.4 Å². The Balaban J connectivity index is 1.73. The quantitative estimate of drug-likeness (QED) is 0.580. The summed E-state index contributed by atoms with van der Waals surface area (Å²) >= 11 is 0. The molecule has 2 amide bonds. The van der Waals surface area contributed by atoms with Gasteiger partial charge in [-0.1, -0.05) is 74.5 Å². The van der Waals surface area contributed by atoms with Crippen molar-refractivity contribution >= 4 is 23.3 Å². The van der Waals surface area contributed by atoms with Crippen LogP contribution < -0.4 is 10.6 Å². The van der Waals surface area contributed by atoms with E-state index >= 15 is 0 Å². The van der Waals surface area contributed by atoms with Crippen LogP contribution in [-0.4, -0.2) is 23.6 Å². The van der Waals surface area contributed by atoms with Crippen LogP contribution in [0.5, 0.6) is 0 Å². The monoisotopic (exact) mass is 400 g/mol. The summed E-state index contributed by atoms with van der Waals surface area (Å²) in [7, 11) is 0. The van der Waals surface area contributed by atoms with Gasteiger partial charge < -0.3 is 10.6 Å². The van der Waals surface area contributed by atoms with Gasteiger partial charge in [0.2, 0.25) is 5.91 Å². The number of benzene rings is 3. The molecule has 1 unspecified atom stereocenters. The Labute approximate surface area is 176 Å². The molecule has 2 N–H and O–H groups in total. The summed E-state index contributed by atoms with van der Waals surface area (Å²) < 4.78 is 0. The summed E-state index contributed by atoms with van der Waals surface area (Å²) in [6.07, 6.45) is 0. The molecule has 5 nitrogen and oxygen atoms in total. The minimum atomic E-state index is -0.716. The van der Waals surface area contributed by atoms with Gasteiger partial charge in [0, 0.05) is 22.4 Å². The van der Waals surface area contributed by atoms with Crippen molar-refractivity contribution in [2.24, 2.45) is 5.92 Å². The summed E-state index contributed by atoms with van der Waals surface area (Å²) in [6.45, 7) is 3.73. The Kier molecular flexibility index (Phi) is 6.75. The fourth-order valence-corrected chi connectivity index (χ4v) is 3.06. The third-order valence-corrected chi connectivity index (χ3v) is 4.70. The minimum Gasteiger partial charge on any atom is -0.340 e. The van der Waals surface area contributed by atoms with Gasteiger partial charge in [-0.2, -0.15) is 0 Å². The van der Waals surface area contributed by atoms with Gasteiger partial charge in [0.15, 0.2) is 5.78 Å². The highest BCUT2D eigenvalue weighted by Crippen LogP contribution is 2.16. The molecule has 0 radical (unpaired) electrons. The van der Waals surface area contributed by atoms with Gasteiger partial charge in [0.1, 0.15) is 6.04 Å². The molecule has 0 spiro atoms. The molecule has 0 aliphatic heterocycles. The van der Waals surface area contributed by atoms with Crippen LogP contribution >= 0.6 is 0 Å². The number of nitrogens with one attached hydrogen (secondary N) is 2. The molecule has 0 fully saturated rings. The molecule has 0 saturated heterocycles. The lowest BCUT2D eigenvalue weighted by atomic mass is 10.0. The van der Waals surface area contributed by atoms with Crippen LogP contribution in [0.25, 0.3) is 0 Å². The molecule has 3 aromatic carbocycles. The largest absolute Gasteiger partial charge is 0.340 e. The zero-order chi connectivity index (χ0) is 21.5. The van der Waals surface area contributed by atoms with Crippen LogP contribution in [-0.2, 0) is 4.79 Å². The Hall–Kier alpha value is -3.73. The first-order chi connectivity index (χ1) is 14.5. The molecule has 1 atom stereocenters. The maximum absolute atomic E-state index is 12.9. The molecule has 0 aromatic heterocycles. The molecule has 3 aromatic rings. The molecular formula is C25H24N2O3. The Morgan fingerprint density at radius 1 is 0.700 bits per heavy atom. The molecule has 3 rings (SSSR count). The predicted molar refractivity (Wildman–Crippen MR) is 117 cm³/mol. The van der Waals surface area contributed by atoms with E-state index in [2.05, 4.69) is 10.6 Å². The number of ketones is 1. The molecular weight excluding hydrogens is 376 g/mol. The average Bonchev–Trinajstić information content (AvgIpc) is 2.77. The molecule has 152 valence electrons. The van der Waals surface area contributed by atoms with Gasteiger partial charge in [-0.25, -0.2) is 0 Å². The minimum absolute atomic E-state index is 0.119. The number of carbonyl (C=O) groups excluding carboxylic acids is 3. The van der Waals surface area contributed by atoms with Crippen LogP contribution in [0.4, 0.5) is 5.69 Å². The highest BCUT2D eigenvalue weighted by molar-refractivity contribution is 6.10. The predicted octanol–water partition coefficient (Wildman–Crippen LogP) is 4.31. The lowest BCUT2D eigenvalue weighted by Crippen LogP contribution is -2.47. The second-order valence-corrected chi connectivity index (χ2v) is 7.33. The molecule has 30 heavy (non-hydrogen) atoms. The average molecular weight is 400 g/mol. The molecule has 0 aliphatic carbocycles. The number of hydrogen-bond acceptors (Lipinski definition) is 3. The maximum Gasteiger partial charge on any atom is 0.251 e.